The van der Waals surface area contributed by atoms with Crippen LogP contribution in [0.5, 0.6) is 5.75 Å². The van der Waals surface area contributed by atoms with Gasteiger partial charge >= 0.3 is 5.63 Å². The Kier molecular flexibility index (Phi) is 7.13. The van der Waals surface area contributed by atoms with Crippen molar-refractivity contribution in [1.82, 2.24) is 4.90 Å². The maximum Gasteiger partial charge on any atom is 0.339 e. The van der Waals surface area contributed by atoms with E-state index in [2.05, 4.69) is 19.1 Å². The zero-order valence-electron chi connectivity index (χ0n) is 22.1. The van der Waals surface area contributed by atoms with Gasteiger partial charge in [-0.1, -0.05) is 42.7 Å². The average Bonchev–Trinajstić information content (AvgIpc) is 2.88. The lowest BCUT2D eigenvalue weighted by Gasteiger charge is -2.47. The second-order valence-electron chi connectivity index (χ2n) is 11.0. The van der Waals surface area contributed by atoms with Crippen LogP contribution < -0.4 is 10.4 Å². The van der Waals surface area contributed by atoms with Gasteiger partial charge in [-0.2, -0.15) is 0 Å². The molecule has 2 aromatic carbocycles. The molecule has 1 aliphatic carbocycles. The number of rotatable bonds is 6. The number of carbonyl (C=O) groups is 1. The van der Waals surface area contributed by atoms with Gasteiger partial charge < -0.3 is 19.2 Å². The average molecular weight is 504 g/mol. The van der Waals surface area contributed by atoms with E-state index in [1.165, 1.54) is 5.56 Å². The lowest BCUT2D eigenvalue weighted by atomic mass is 9.71. The molecule has 2 fully saturated rings. The molecule has 6 nitrogen and oxygen atoms in total. The van der Waals surface area contributed by atoms with Crippen molar-refractivity contribution < 1.29 is 19.1 Å². The quantitative estimate of drug-likeness (QED) is 0.457. The van der Waals surface area contributed by atoms with Gasteiger partial charge in [0, 0.05) is 41.9 Å². The fourth-order valence-electron chi connectivity index (χ4n) is 6.17. The van der Waals surface area contributed by atoms with Gasteiger partial charge in [-0.25, -0.2) is 4.79 Å². The summed E-state index contributed by atoms with van der Waals surface area (Å²) in [6.45, 7) is 7.52. The van der Waals surface area contributed by atoms with Gasteiger partial charge in [0.25, 0.3) is 0 Å². The molecule has 1 N–H and O–H groups in total. The number of carbonyl (C=O) groups excluding carboxylic acids is 1. The molecule has 0 spiro atoms. The van der Waals surface area contributed by atoms with Gasteiger partial charge in [-0.05, 0) is 69.7 Å². The number of aryl methyl sites for hydroxylation is 3. The monoisotopic (exact) mass is 503 g/mol. The van der Waals surface area contributed by atoms with E-state index in [0.29, 0.717) is 49.4 Å². The number of piperidine rings is 1. The highest BCUT2D eigenvalue weighted by Gasteiger charge is 2.43. The maximum absolute atomic E-state index is 13.0. The summed E-state index contributed by atoms with van der Waals surface area (Å²) in [6, 6.07) is 12.0. The first-order chi connectivity index (χ1) is 17.7. The number of hydrogen-bond donors (Lipinski definition) is 1. The summed E-state index contributed by atoms with van der Waals surface area (Å²) >= 11 is 0. The third-order valence-electron chi connectivity index (χ3n) is 8.50. The Morgan fingerprint density at radius 3 is 2.78 bits per heavy atom. The zero-order valence-corrected chi connectivity index (χ0v) is 22.1. The molecule has 37 heavy (non-hydrogen) atoms. The molecule has 2 aliphatic rings. The standard InChI is InChI=1S/C31H37NO5/c1-20-7-6-8-23(17-20)19-36-27-12-10-25-21(2)26(30(34)37-29(25)22(27)3)11-13-28(33)32-16-15-31(35)14-5-4-9-24(31)18-32/h6-8,10,12,17,24,35H,4-5,9,11,13-16,18-19H2,1-3H3/t24-,31-/m0/s1. The Morgan fingerprint density at radius 1 is 1.14 bits per heavy atom. The number of amides is 1. The molecule has 5 rings (SSSR count). The normalized spacial score (nSPS) is 21.6. The van der Waals surface area contributed by atoms with Crippen LogP contribution in [0.15, 0.2) is 45.6 Å². The van der Waals surface area contributed by atoms with Crippen molar-refractivity contribution >= 4 is 16.9 Å². The molecule has 2 atom stereocenters. The van der Waals surface area contributed by atoms with Crippen LogP contribution >= 0.6 is 0 Å². The molecule has 0 bridgehead atoms. The Morgan fingerprint density at radius 2 is 1.97 bits per heavy atom. The molecule has 196 valence electrons. The van der Waals surface area contributed by atoms with Crippen molar-refractivity contribution in [3.05, 3.63) is 74.6 Å². The summed E-state index contributed by atoms with van der Waals surface area (Å²) < 4.78 is 11.8. The topological polar surface area (TPSA) is 80.0 Å². The second kappa shape index (κ2) is 10.3. The summed E-state index contributed by atoms with van der Waals surface area (Å²) in [5.74, 6) is 0.895. The minimum atomic E-state index is -0.606. The number of fused-ring (bicyclic) bond motifs is 2. The van der Waals surface area contributed by atoms with Crippen molar-refractivity contribution in [3.63, 3.8) is 0 Å². The van der Waals surface area contributed by atoms with E-state index in [0.717, 1.165) is 47.8 Å². The van der Waals surface area contributed by atoms with E-state index in [4.69, 9.17) is 9.15 Å². The van der Waals surface area contributed by atoms with Crippen LogP contribution in [-0.2, 0) is 17.8 Å². The number of likely N-dealkylation sites (tertiary alicyclic amines) is 1. The maximum atomic E-state index is 13.0. The largest absolute Gasteiger partial charge is 0.488 e. The predicted molar refractivity (Wildman–Crippen MR) is 144 cm³/mol. The van der Waals surface area contributed by atoms with Crippen LogP contribution in [0.25, 0.3) is 11.0 Å². The first-order valence-electron chi connectivity index (χ1n) is 13.5. The summed E-state index contributed by atoms with van der Waals surface area (Å²) in [7, 11) is 0. The SMILES string of the molecule is Cc1cccc(COc2ccc3c(C)c(CCC(=O)N4CC[C@@]5(O)CCCC[C@H]5C4)c(=O)oc3c2C)c1. The van der Waals surface area contributed by atoms with E-state index >= 15 is 0 Å². The minimum Gasteiger partial charge on any atom is -0.488 e. The third kappa shape index (κ3) is 5.17. The number of hydrogen-bond acceptors (Lipinski definition) is 5. The molecule has 3 aromatic rings. The Bertz CT molecular complexity index is 1380. The van der Waals surface area contributed by atoms with E-state index in [1.807, 2.05) is 43.0 Å². The van der Waals surface area contributed by atoms with Crippen molar-refractivity contribution in [1.29, 1.82) is 0 Å². The van der Waals surface area contributed by atoms with Crippen LogP contribution in [0.1, 0.15) is 66.3 Å². The van der Waals surface area contributed by atoms with Crippen molar-refractivity contribution in [2.24, 2.45) is 5.92 Å². The van der Waals surface area contributed by atoms with Gasteiger partial charge in [0.2, 0.25) is 5.91 Å². The molecule has 2 heterocycles. The number of benzene rings is 2. The van der Waals surface area contributed by atoms with Gasteiger partial charge in [0.15, 0.2) is 0 Å². The van der Waals surface area contributed by atoms with E-state index in [1.54, 1.807) is 0 Å². The highest BCUT2D eigenvalue weighted by atomic mass is 16.5. The lowest BCUT2D eigenvalue weighted by Crippen LogP contribution is -2.54. The highest BCUT2D eigenvalue weighted by Crippen LogP contribution is 2.40. The Labute approximate surface area is 218 Å². The zero-order chi connectivity index (χ0) is 26.2. The number of aliphatic hydroxyl groups is 1. The van der Waals surface area contributed by atoms with Crippen molar-refractivity contribution in [2.45, 2.75) is 77.9 Å². The highest BCUT2D eigenvalue weighted by molar-refractivity contribution is 5.86. The Balaban J connectivity index is 1.29. The molecule has 6 heteroatoms. The molecular weight excluding hydrogens is 466 g/mol. The van der Waals surface area contributed by atoms with E-state index in [9.17, 15) is 14.7 Å². The minimum absolute atomic E-state index is 0.0441. The predicted octanol–water partition coefficient (Wildman–Crippen LogP) is 5.38. The number of nitrogens with zero attached hydrogens (tertiary/aromatic N) is 1. The van der Waals surface area contributed by atoms with Gasteiger partial charge in [0.05, 0.1) is 5.60 Å². The number of ether oxygens (including phenoxy) is 1. The smallest absolute Gasteiger partial charge is 0.339 e. The molecule has 1 amide bonds. The molecule has 1 saturated carbocycles. The first kappa shape index (κ1) is 25.5. The summed E-state index contributed by atoms with van der Waals surface area (Å²) in [5.41, 5.74) is 4.00. The molecule has 1 aromatic heterocycles. The van der Waals surface area contributed by atoms with Gasteiger partial charge in [0.1, 0.15) is 17.9 Å². The molecule has 1 saturated heterocycles. The van der Waals surface area contributed by atoms with Crippen molar-refractivity contribution in [3.8, 4) is 5.75 Å². The van der Waals surface area contributed by atoms with Crippen LogP contribution in [0, 0.1) is 26.7 Å². The fourth-order valence-corrected chi connectivity index (χ4v) is 6.17. The van der Waals surface area contributed by atoms with Crippen LogP contribution in [0.2, 0.25) is 0 Å². The van der Waals surface area contributed by atoms with Crippen molar-refractivity contribution in [2.75, 3.05) is 13.1 Å². The summed E-state index contributed by atoms with van der Waals surface area (Å²) in [6.07, 6.45) is 5.26. The summed E-state index contributed by atoms with van der Waals surface area (Å²) in [4.78, 5) is 27.9. The molecule has 1 aliphatic heterocycles. The van der Waals surface area contributed by atoms with Crippen LogP contribution in [0.3, 0.4) is 0 Å². The third-order valence-corrected chi connectivity index (χ3v) is 8.50. The Hall–Kier alpha value is -3.12. The molecular formula is C31H37NO5. The fraction of sp³-hybridized carbons (Fsp3) is 0.484. The van der Waals surface area contributed by atoms with Crippen LogP contribution in [-0.4, -0.2) is 34.6 Å². The van der Waals surface area contributed by atoms with Crippen LogP contribution in [0.4, 0.5) is 0 Å². The van der Waals surface area contributed by atoms with Gasteiger partial charge in [-0.15, -0.1) is 0 Å². The van der Waals surface area contributed by atoms with E-state index in [-0.39, 0.29) is 18.2 Å². The molecule has 0 unspecified atom stereocenters. The second-order valence-corrected chi connectivity index (χ2v) is 11.0. The lowest BCUT2D eigenvalue weighted by molar-refractivity contribution is -0.143. The van der Waals surface area contributed by atoms with E-state index < -0.39 is 11.2 Å². The molecule has 0 radical (unpaired) electrons. The summed E-state index contributed by atoms with van der Waals surface area (Å²) in [5, 5.41) is 11.8. The first-order valence-corrected chi connectivity index (χ1v) is 13.5. The van der Waals surface area contributed by atoms with Gasteiger partial charge in [-0.3, -0.25) is 4.79 Å².